The van der Waals surface area contributed by atoms with Crippen LogP contribution in [-0.2, 0) is 24.5 Å². The van der Waals surface area contributed by atoms with E-state index in [1.54, 1.807) is 0 Å². The van der Waals surface area contributed by atoms with Crippen LogP contribution in [0.25, 0.3) is 0 Å². The fourth-order valence-corrected chi connectivity index (χ4v) is 6.14. The Bertz CT molecular complexity index is 1100. The summed E-state index contributed by atoms with van der Waals surface area (Å²) in [5.74, 6) is -0.786. The number of hydrogen-bond acceptors (Lipinski definition) is 4. The molecule has 0 aliphatic heterocycles. The van der Waals surface area contributed by atoms with E-state index in [1.165, 1.54) is 6.42 Å². The van der Waals surface area contributed by atoms with Crippen molar-refractivity contribution in [2.75, 3.05) is 6.61 Å². The Kier molecular flexibility index (Phi) is 7.19. The maximum absolute atomic E-state index is 14.3. The topological polar surface area (TPSA) is 52.6 Å². The molecule has 192 valence electrons. The second-order valence-electron chi connectivity index (χ2n) is 11.0. The summed E-state index contributed by atoms with van der Waals surface area (Å²) in [4.78, 5) is 27.3. The molecule has 0 spiro atoms. The molecule has 0 heterocycles. The summed E-state index contributed by atoms with van der Waals surface area (Å²) in [6, 6.07) is 29.4. The highest BCUT2D eigenvalue weighted by Crippen LogP contribution is 2.59. The van der Waals surface area contributed by atoms with Crippen LogP contribution in [-0.4, -0.2) is 24.6 Å². The third-order valence-corrected chi connectivity index (χ3v) is 8.46. The van der Waals surface area contributed by atoms with Gasteiger partial charge in [0.25, 0.3) is 0 Å². The van der Waals surface area contributed by atoms with Crippen molar-refractivity contribution < 1.29 is 19.1 Å². The Hall–Kier alpha value is -3.40. The lowest BCUT2D eigenvalue weighted by molar-refractivity contribution is -0.154. The third-order valence-electron chi connectivity index (χ3n) is 8.46. The van der Waals surface area contributed by atoms with E-state index in [-0.39, 0.29) is 41.9 Å². The van der Waals surface area contributed by atoms with E-state index >= 15 is 0 Å². The number of carbonyl (C=O) groups excluding carboxylic acids is 2. The van der Waals surface area contributed by atoms with Gasteiger partial charge in [0.15, 0.2) is 0 Å². The van der Waals surface area contributed by atoms with E-state index in [4.69, 9.17) is 9.47 Å². The molecule has 2 aliphatic carbocycles. The molecule has 3 aromatic carbocycles. The molecule has 2 unspecified atom stereocenters. The zero-order chi connectivity index (χ0) is 25.9. The summed E-state index contributed by atoms with van der Waals surface area (Å²) < 4.78 is 12.0. The Labute approximate surface area is 220 Å². The van der Waals surface area contributed by atoms with E-state index < -0.39 is 5.41 Å². The van der Waals surface area contributed by atoms with Crippen LogP contribution in [0.4, 0.5) is 0 Å². The van der Waals surface area contributed by atoms with Gasteiger partial charge in [0, 0.05) is 5.92 Å². The van der Waals surface area contributed by atoms with Gasteiger partial charge in [-0.05, 0) is 47.8 Å². The van der Waals surface area contributed by atoms with E-state index in [1.807, 2.05) is 91.0 Å². The lowest BCUT2D eigenvalue weighted by atomic mass is 9.69. The Balaban J connectivity index is 1.42. The summed E-state index contributed by atoms with van der Waals surface area (Å²) in [7, 11) is 0. The number of hydrogen-bond donors (Lipinski definition) is 0. The minimum absolute atomic E-state index is 0.0303. The molecular weight excluding hydrogens is 460 g/mol. The number of carbonyl (C=O) groups is 2. The van der Waals surface area contributed by atoms with Crippen LogP contribution < -0.4 is 0 Å². The quantitative estimate of drug-likeness (QED) is 0.257. The molecular formula is C33H36O4. The molecule has 2 saturated carbocycles. The highest BCUT2D eigenvalue weighted by molar-refractivity contribution is 5.92. The molecule has 5 rings (SSSR count). The highest BCUT2D eigenvalue weighted by atomic mass is 16.5. The third kappa shape index (κ3) is 4.82. The number of esters is 2. The zero-order valence-corrected chi connectivity index (χ0v) is 21.8. The van der Waals surface area contributed by atoms with Crippen LogP contribution in [0.5, 0.6) is 0 Å². The lowest BCUT2D eigenvalue weighted by Crippen LogP contribution is -2.40. The van der Waals surface area contributed by atoms with Crippen LogP contribution in [0.2, 0.25) is 0 Å². The molecule has 0 saturated heterocycles. The van der Waals surface area contributed by atoms with Gasteiger partial charge in [-0.15, -0.1) is 0 Å². The van der Waals surface area contributed by atoms with Gasteiger partial charge in [-0.1, -0.05) is 111 Å². The standard InChI is InChI=1S/C33H36O4/c1-32(2)28(29(32)30(34)37-27-21-13-6-14-22-27)23-36-31(35)33(24-15-7-3-8-16-24,25-17-9-4-10-18-25)26-19-11-5-12-20-26/h3-5,7-12,15-20,27-29H,6,13-14,21-23H2,1-2H3. The van der Waals surface area contributed by atoms with Crippen LogP contribution in [0.1, 0.15) is 62.6 Å². The van der Waals surface area contributed by atoms with Gasteiger partial charge in [0.2, 0.25) is 0 Å². The molecule has 0 amide bonds. The van der Waals surface area contributed by atoms with Gasteiger partial charge in [-0.3, -0.25) is 9.59 Å². The average molecular weight is 497 g/mol. The van der Waals surface area contributed by atoms with Crippen molar-refractivity contribution in [3.8, 4) is 0 Å². The minimum Gasteiger partial charge on any atom is -0.464 e. The predicted molar refractivity (Wildman–Crippen MR) is 144 cm³/mol. The van der Waals surface area contributed by atoms with Gasteiger partial charge in [-0.2, -0.15) is 0 Å². The molecule has 37 heavy (non-hydrogen) atoms. The smallest absolute Gasteiger partial charge is 0.325 e. The first-order valence-corrected chi connectivity index (χ1v) is 13.5. The monoisotopic (exact) mass is 496 g/mol. The van der Waals surface area contributed by atoms with E-state index in [9.17, 15) is 9.59 Å². The van der Waals surface area contributed by atoms with Crippen LogP contribution in [0, 0.1) is 17.3 Å². The van der Waals surface area contributed by atoms with Gasteiger partial charge in [0.1, 0.15) is 11.5 Å². The number of benzene rings is 3. The van der Waals surface area contributed by atoms with Crippen LogP contribution in [0.15, 0.2) is 91.0 Å². The Morgan fingerprint density at radius 3 is 1.68 bits per heavy atom. The molecule has 0 N–H and O–H groups in total. The molecule has 2 atom stereocenters. The molecule has 3 aromatic rings. The largest absolute Gasteiger partial charge is 0.464 e. The van der Waals surface area contributed by atoms with Crippen molar-refractivity contribution in [2.24, 2.45) is 17.3 Å². The Morgan fingerprint density at radius 1 is 0.757 bits per heavy atom. The molecule has 0 radical (unpaired) electrons. The van der Waals surface area contributed by atoms with Crippen molar-refractivity contribution in [1.82, 2.24) is 0 Å². The Morgan fingerprint density at radius 2 is 1.22 bits per heavy atom. The summed E-state index contributed by atoms with van der Waals surface area (Å²) in [5, 5.41) is 0. The van der Waals surface area contributed by atoms with Crippen LogP contribution >= 0.6 is 0 Å². The first kappa shape index (κ1) is 25.3. The average Bonchev–Trinajstić information content (AvgIpc) is 3.50. The number of rotatable bonds is 8. The van der Waals surface area contributed by atoms with Crippen molar-refractivity contribution in [3.63, 3.8) is 0 Å². The SMILES string of the molecule is CC1(C)C(COC(=O)C(c2ccccc2)(c2ccccc2)c2ccccc2)C1C(=O)OC1CCCCC1. The van der Waals surface area contributed by atoms with Crippen LogP contribution in [0.3, 0.4) is 0 Å². The first-order chi connectivity index (χ1) is 18.0. The van der Waals surface area contributed by atoms with Crippen molar-refractivity contribution in [3.05, 3.63) is 108 Å². The van der Waals surface area contributed by atoms with Gasteiger partial charge in [-0.25, -0.2) is 0 Å². The molecule has 0 bridgehead atoms. The molecule has 4 heteroatoms. The number of ether oxygens (including phenoxy) is 2. The summed E-state index contributed by atoms with van der Waals surface area (Å²) in [5.41, 5.74) is 1.16. The van der Waals surface area contributed by atoms with Gasteiger partial charge >= 0.3 is 11.9 Å². The second-order valence-corrected chi connectivity index (χ2v) is 11.0. The van der Waals surface area contributed by atoms with E-state index in [2.05, 4.69) is 13.8 Å². The first-order valence-electron chi connectivity index (χ1n) is 13.5. The van der Waals surface area contributed by atoms with Crippen molar-refractivity contribution in [1.29, 1.82) is 0 Å². The van der Waals surface area contributed by atoms with Gasteiger partial charge in [0.05, 0.1) is 12.5 Å². The normalized spacial score (nSPS) is 21.1. The van der Waals surface area contributed by atoms with Crippen molar-refractivity contribution in [2.45, 2.75) is 57.5 Å². The highest BCUT2D eigenvalue weighted by Gasteiger charge is 2.63. The molecule has 2 fully saturated rings. The predicted octanol–water partition coefficient (Wildman–Crippen LogP) is 6.71. The fourth-order valence-electron chi connectivity index (χ4n) is 6.14. The fraction of sp³-hybridized carbons (Fsp3) is 0.394. The lowest BCUT2D eigenvalue weighted by Gasteiger charge is -2.33. The second kappa shape index (κ2) is 10.5. The summed E-state index contributed by atoms with van der Waals surface area (Å²) >= 11 is 0. The molecule has 2 aliphatic rings. The maximum atomic E-state index is 14.3. The summed E-state index contributed by atoms with van der Waals surface area (Å²) in [6.07, 6.45) is 5.38. The maximum Gasteiger partial charge on any atom is 0.325 e. The summed E-state index contributed by atoms with van der Waals surface area (Å²) in [6.45, 7) is 4.32. The van der Waals surface area contributed by atoms with Gasteiger partial charge < -0.3 is 9.47 Å². The van der Waals surface area contributed by atoms with Crippen molar-refractivity contribution >= 4 is 11.9 Å². The van der Waals surface area contributed by atoms with E-state index in [0.717, 1.165) is 42.4 Å². The zero-order valence-electron chi connectivity index (χ0n) is 21.8. The molecule has 0 aromatic heterocycles. The molecule has 4 nitrogen and oxygen atoms in total. The minimum atomic E-state index is -1.12. The van der Waals surface area contributed by atoms with E-state index in [0.29, 0.717) is 0 Å².